The van der Waals surface area contributed by atoms with E-state index in [1.807, 2.05) is 18.0 Å². The first-order valence-electron chi connectivity index (χ1n) is 6.66. The molecule has 2 aliphatic heterocycles. The summed E-state index contributed by atoms with van der Waals surface area (Å²) >= 11 is 0. The van der Waals surface area contributed by atoms with Gasteiger partial charge in [-0.05, 0) is 38.5 Å². The molecular weight excluding hydrogens is 224 g/mol. The number of rotatable bonds is 1. The van der Waals surface area contributed by atoms with Crippen molar-refractivity contribution >= 4 is 5.91 Å². The summed E-state index contributed by atoms with van der Waals surface area (Å²) in [6.45, 7) is 2.06. The molecule has 96 valence electrons. The molecule has 2 fully saturated rings. The van der Waals surface area contributed by atoms with E-state index in [4.69, 9.17) is 0 Å². The van der Waals surface area contributed by atoms with Crippen molar-refractivity contribution < 1.29 is 4.79 Å². The van der Waals surface area contributed by atoms with Crippen molar-refractivity contribution in [2.24, 2.45) is 5.41 Å². The van der Waals surface area contributed by atoms with E-state index in [9.17, 15) is 4.79 Å². The summed E-state index contributed by atoms with van der Waals surface area (Å²) in [5.41, 5.74) is 1.16. The number of piperidine rings is 1. The van der Waals surface area contributed by atoms with E-state index in [-0.39, 0.29) is 11.5 Å². The molecule has 0 radical (unpaired) electrons. The minimum Gasteiger partial charge on any atom is -0.337 e. The lowest BCUT2D eigenvalue weighted by molar-refractivity contribution is -0.176. The summed E-state index contributed by atoms with van der Waals surface area (Å²) in [7, 11) is 4.07. The largest absolute Gasteiger partial charge is 0.337 e. The maximum Gasteiger partial charge on any atom is 0.231 e. The Bertz CT molecular complexity index is 449. The van der Waals surface area contributed by atoms with Crippen LogP contribution in [-0.2, 0) is 4.79 Å². The van der Waals surface area contributed by atoms with Gasteiger partial charge in [0.05, 0.1) is 11.5 Å². The number of benzene rings is 1. The Morgan fingerprint density at radius 2 is 1.72 bits per heavy atom. The maximum atomic E-state index is 12.3. The van der Waals surface area contributed by atoms with Crippen LogP contribution >= 0.6 is 0 Å². The van der Waals surface area contributed by atoms with Gasteiger partial charge in [-0.3, -0.25) is 4.79 Å². The number of carbonyl (C=O) groups is 1. The van der Waals surface area contributed by atoms with E-state index in [0.717, 1.165) is 25.9 Å². The topological polar surface area (TPSA) is 23.6 Å². The molecule has 1 aromatic carbocycles. The van der Waals surface area contributed by atoms with E-state index in [0.29, 0.717) is 5.91 Å². The fourth-order valence-corrected chi connectivity index (χ4v) is 3.57. The molecule has 3 rings (SSSR count). The molecule has 2 aliphatic rings. The van der Waals surface area contributed by atoms with Crippen LogP contribution in [0.4, 0.5) is 0 Å². The van der Waals surface area contributed by atoms with Gasteiger partial charge < -0.3 is 9.80 Å². The first kappa shape index (κ1) is 11.7. The molecule has 0 N–H and O–H groups in total. The molecule has 3 nitrogen and oxygen atoms in total. The Kier molecular flexibility index (Phi) is 2.67. The van der Waals surface area contributed by atoms with Crippen molar-refractivity contribution in [3.63, 3.8) is 0 Å². The first-order chi connectivity index (χ1) is 8.65. The van der Waals surface area contributed by atoms with E-state index in [1.165, 1.54) is 5.56 Å². The van der Waals surface area contributed by atoms with Crippen LogP contribution in [0.25, 0.3) is 0 Å². The standard InChI is InChI=1S/C15H20N2O/c1-16-10-8-15(9-11-16)13(17(2)14(15)18)12-6-4-3-5-7-12/h3-7,13H,8-11H2,1-2H3. The molecule has 1 unspecified atom stereocenters. The number of hydrogen-bond donors (Lipinski definition) is 0. The Labute approximate surface area is 108 Å². The van der Waals surface area contributed by atoms with Crippen molar-refractivity contribution in [3.05, 3.63) is 35.9 Å². The second-order valence-corrected chi connectivity index (χ2v) is 5.69. The average Bonchev–Trinajstić information content (AvgIpc) is 2.42. The van der Waals surface area contributed by atoms with Gasteiger partial charge in [0, 0.05) is 7.05 Å². The summed E-state index contributed by atoms with van der Waals surface area (Å²) in [5, 5.41) is 0. The number of β-lactam (4-membered cyclic amide) rings is 1. The average molecular weight is 244 g/mol. The number of nitrogens with zero attached hydrogens (tertiary/aromatic N) is 2. The zero-order chi connectivity index (χ0) is 12.8. The molecule has 18 heavy (non-hydrogen) atoms. The highest BCUT2D eigenvalue weighted by Crippen LogP contribution is 2.54. The van der Waals surface area contributed by atoms with E-state index < -0.39 is 0 Å². The molecule has 0 aliphatic carbocycles. The normalized spacial score (nSPS) is 27.3. The number of carbonyl (C=O) groups excluding carboxylic acids is 1. The van der Waals surface area contributed by atoms with Gasteiger partial charge in [0.2, 0.25) is 5.91 Å². The van der Waals surface area contributed by atoms with Crippen molar-refractivity contribution in [1.82, 2.24) is 9.80 Å². The van der Waals surface area contributed by atoms with Crippen molar-refractivity contribution in [2.45, 2.75) is 18.9 Å². The van der Waals surface area contributed by atoms with Crippen LogP contribution in [0.2, 0.25) is 0 Å². The Morgan fingerprint density at radius 3 is 2.33 bits per heavy atom. The van der Waals surface area contributed by atoms with Crippen LogP contribution in [0.3, 0.4) is 0 Å². The summed E-state index contributed by atoms with van der Waals surface area (Å²) in [6.07, 6.45) is 1.98. The summed E-state index contributed by atoms with van der Waals surface area (Å²) in [4.78, 5) is 16.6. The van der Waals surface area contributed by atoms with Crippen LogP contribution in [-0.4, -0.2) is 42.9 Å². The number of hydrogen-bond acceptors (Lipinski definition) is 2. The first-order valence-corrected chi connectivity index (χ1v) is 6.66. The predicted molar refractivity (Wildman–Crippen MR) is 71.1 cm³/mol. The molecule has 0 aromatic heterocycles. The Balaban J connectivity index is 1.91. The van der Waals surface area contributed by atoms with Gasteiger partial charge in [-0.25, -0.2) is 0 Å². The third-order valence-corrected chi connectivity index (χ3v) is 4.65. The summed E-state index contributed by atoms with van der Waals surface area (Å²) in [6, 6.07) is 10.7. The maximum absolute atomic E-state index is 12.3. The molecule has 1 spiro atoms. The molecule has 0 bridgehead atoms. The van der Waals surface area contributed by atoms with Crippen LogP contribution in [0.5, 0.6) is 0 Å². The van der Waals surface area contributed by atoms with E-state index in [1.54, 1.807) is 0 Å². The van der Waals surface area contributed by atoms with Gasteiger partial charge >= 0.3 is 0 Å². The second-order valence-electron chi connectivity index (χ2n) is 5.69. The van der Waals surface area contributed by atoms with E-state index in [2.05, 4.69) is 36.2 Å². The molecule has 1 amide bonds. The molecule has 2 heterocycles. The van der Waals surface area contributed by atoms with Crippen LogP contribution in [0, 0.1) is 5.41 Å². The van der Waals surface area contributed by atoms with Crippen LogP contribution in [0.15, 0.2) is 30.3 Å². The zero-order valence-electron chi connectivity index (χ0n) is 11.1. The highest BCUT2D eigenvalue weighted by Gasteiger charge is 2.59. The van der Waals surface area contributed by atoms with Gasteiger partial charge in [0.15, 0.2) is 0 Å². The molecule has 2 saturated heterocycles. The smallest absolute Gasteiger partial charge is 0.231 e. The van der Waals surface area contributed by atoms with Gasteiger partial charge in [-0.2, -0.15) is 0 Å². The zero-order valence-corrected chi connectivity index (χ0v) is 11.1. The van der Waals surface area contributed by atoms with Crippen LogP contribution < -0.4 is 0 Å². The van der Waals surface area contributed by atoms with Crippen molar-refractivity contribution in [2.75, 3.05) is 27.2 Å². The predicted octanol–water partition coefficient (Wildman–Crippen LogP) is 1.91. The number of amides is 1. The fraction of sp³-hybridized carbons (Fsp3) is 0.533. The van der Waals surface area contributed by atoms with Gasteiger partial charge in [0.25, 0.3) is 0 Å². The minimum atomic E-state index is -0.122. The highest BCUT2D eigenvalue weighted by atomic mass is 16.2. The fourth-order valence-electron chi connectivity index (χ4n) is 3.57. The Hall–Kier alpha value is -1.35. The van der Waals surface area contributed by atoms with E-state index >= 15 is 0 Å². The minimum absolute atomic E-state index is 0.122. The highest BCUT2D eigenvalue weighted by molar-refractivity contribution is 5.90. The third kappa shape index (κ3) is 1.50. The lowest BCUT2D eigenvalue weighted by atomic mass is 9.62. The van der Waals surface area contributed by atoms with Crippen molar-refractivity contribution in [1.29, 1.82) is 0 Å². The molecular formula is C15H20N2O. The summed E-state index contributed by atoms with van der Waals surface area (Å²) < 4.78 is 0. The lowest BCUT2D eigenvalue weighted by Crippen LogP contribution is -2.64. The van der Waals surface area contributed by atoms with Crippen molar-refractivity contribution in [3.8, 4) is 0 Å². The number of likely N-dealkylation sites (tertiary alicyclic amines) is 2. The van der Waals surface area contributed by atoms with Gasteiger partial charge in [0.1, 0.15) is 0 Å². The molecule has 3 heteroatoms. The third-order valence-electron chi connectivity index (χ3n) is 4.65. The molecule has 1 atom stereocenters. The molecule has 0 saturated carbocycles. The lowest BCUT2D eigenvalue weighted by Gasteiger charge is -2.57. The Morgan fingerprint density at radius 1 is 1.11 bits per heavy atom. The summed E-state index contributed by atoms with van der Waals surface area (Å²) in [5.74, 6) is 0.337. The quantitative estimate of drug-likeness (QED) is 0.705. The molecule has 1 aromatic rings. The van der Waals surface area contributed by atoms with Gasteiger partial charge in [-0.15, -0.1) is 0 Å². The second kappa shape index (κ2) is 4.09. The SMILES string of the molecule is CN1CCC2(CC1)C(=O)N(C)C2c1ccccc1. The van der Waals surface area contributed by atoms with Gasteiger partial charge in [-0.1, -0.05) is 30.3 Å². The monoisotopic (exact) mass is 244 g/mol. The van der Waals surface area contributed by atoms with Crippen LogP contribution in [0.1, 0.15) is 24.4 Å².